The molecule has 2 atom stereocenters. The van der Waals surface area contributed by atoms with Crippen molar-refractivity contribution in [2.45, 2.75) is 51.6 Å². The molecular weight excluding hydrogens is 252 g/mol. The first-order valence-corrected chi connectivity index (χ1v) is 10.4. The topological polar surface area (TPSA) is 29.5 Å². The minimum atomic E-state index is -1.48. The van der Waals surface area contributed by atoms with E-state index in [1.165, 1.54) is 5.19 Å². The van der Waals surface area contributed by atoms with Crippen molar-refractivity contribution < 1.29 is 9.84 Å². The summed E-state index contributed by atoms with van der Waals surface area (Å²) in [5, 5.41) is 11.7. The molecule has 1 aromatic rings. The van der Waals surface area contributed by atoms with Gasteiger partial charge >= 0.3 is 0 Å². The van der Waals surface area contributed by atoms with E-state index in [1.807, 2.05) is 0 Å². The molecule has 0 radical (unpaired) electrons. The molecular formula is C16H26O2Si. The van der Waals surface area contributed by atoms with Crippen LogP contribution in [0.4, 0.5) is 0 Å². The molecule has 0 amide bonds. The van der Waals surface area contributed by atoms with Gasteiger partial charge in [0.15, 0.2) is 0 Å². The van der Waals surface area contributed by atoms with Crippen molar-refractivity contribution in [3.63, 3.8) is 0 Å². The van der Waals surface area contributed by atoms with Crippen LogP contribution in [0.5, 0.6) is 0 Å². The first-order valence-electron chi connectivity index (χ1n) is 7.16. The Kier molecular flexibility index (Phi) is 4.19. The van der Waals surface area contributed by atoms with Gasteiger partial charge in [-0.1, -0.05) is 62.5 Å². The molecule has 0 unspecified atom stereocenters. The zero-order chi connectivity index (χ0) is 14.1. The fourth-order valence-corrected chi connectivity index (χ4v) is 5.54. The van der Waals surface area contributed by atoms with E-state index >= 15 is 0 Å². The van der Waals surface area contributed by atoms with Crippen LogP contribution in [0, 0.1) is 5.41 Å². The molecule has 0 spiro atoms. The first-order chi connectivity index (χ1) is 8.81. The third kappa shape index (κ3) is 3.47. The summed E-state index contributed by atoms with van der Waals surface area (Å²) < 4.78 is 6.00. The van der Waals surface area contributed by atoms with Crippen LogP contribution in [0.3, 0.4) is 0 Å². The van der Waals surface area contributed by atoms with Gasteiger partial charge in [0, 0.05) is 5.41 Å². The van der Waals surface area contributed by atoms with Gasteiger partial charge in [-0.15, -0.1) is 0 Å². The third-order valence-corrected chi connectivity index (χ3v) is 7.74. The van der Waals surface area contributed by atoms with Crippen LogP contribution in [0.1, 0.15) is 20.3 Å². The van der Waals surface area contributed by atoms with Crippen molar-refractivity contribution in [2.24, 2.45) is 5.41 Å². The van der Waals surface area contributed by atoms with E-state index < -0.39 is 8.07 Å². The first kappa shape index (κ1) is 14.8. The summed E-state index contributed by atoms with van der Waals surface area (Å²) in [4.78, 5) is 0. The summed E-state index contributed by atoms with van der Waals surface area (Å²) in [5.74, 6) is 0. The van der Waals surface area contributed by atoms with E-state index in [4.69, 9.17) is 4.74 Å². The molecule has 1 aliphatic heterocycles. The molecule has 0 bridgehead atoms. The second kappa shape index (κ2) is 5.39. The van der Waals surface area contributed by atoms with E-state index in [9.17, 15) is 5.11 Å². The van der Waals surface area contributed by atoms with Gasteiger partial charge in [-0.2, -0.15) is 0 Å². The lowest BCUT2D eigenvalue weighted by Crippen LogP contribution is -2.49. The van der Waals surface area contributed by atoms with Gasteiger partial charge < -0.3 is 9.84 Å². The molecule has 19 heavy (non-hydrogen) atoms. The van der Waals surface area contributed by atoms with Crippen LogP contribution in [-0.4, -0.2) is 32.0 Å². The van der Waals surface area contributed by atoms with Gasteiger partial charge in [-0.25, -0.2) is 0 Å². The number of rotatable bonds is 3. The summed E-state index contributed by atoms with van der Waals surface area (Å²) >= 11 is 0. The number of hydrogen-bond acceptors (Lipinski definition) is 2. The Morgan fingerprint density at radius 2 is 1.89 bits per heavy atom. The molecule has 1 aromatic carbocycles. The predicted molar refractivity (Wildman–Crippen MR) is 82.5 cm³/mol. The van der Waals surface area contributed by atoms with Crippen LogP contribution in [-0.2, 0) is 4.74 Å². The molecule has 1 heterocycles. The zero-order valence-electron chi connectivity index (χ0n) is 12.5. The number of ether oxygens (including phenoxy) is 1. The second-order valence-electron chi connectivity index (χ2n) is 7.13. The standard InChI is InChI=1S/C16H26O2Si/c1-16(2)12-18-13(10-15(16)17)11-19(3,4)14-8-6-5-7-9-14/h5-9,13,15,17H,10-12H2,1-4H3/t13-,15-/m0/s1. The van der Waals surface area contributed by atoms with Gasteiger partial charge in [0.25, 0.3) is 0 Å². The molecule has 1 saturated heterocycles. The molecule has 1 fully saturated rings. The normalized spacial score (nSPS) is 27.2. The molecule has 1 aliphatic rings. The average molecular weight is 278 g/mol. The maximum absolute atomic E-state index is 10.2. The third-order valence-electron chi connectivity index (χ3n) is 4.37. The lowest BCUT2D eigenvalue weighted by atomic mass is 9.82. The van der Waals surface area contributed by atoms with Gasteiger partial charge in [0.1, 0.15) is 0 Å². The minimum Gasteiger partial charge on any atom is -0.392 e. The van der Waals surface area contributed by atoms with Crippen molar-refractivity contribution >= 4 is 13.3 Å². The summed E-state index contributed by atoms with van der Waals surface area (Å²) in [7, 11) is -1.48. The van der Waals surface area contributed by atoms with E-state index in [0.29, 0.717) is 6.61 Å². The van der Waals surface area contributed by atoms with E-state index in [2.05, 4.69) is 57.3 Å². The average Bonchev–Trinajstić information content (AvgIpc) is 2.35. The Hall–Kier alpha value is -0.643. The SMILES string of the molecule is CC1(C)CO[C@H](C[Si](C)(C)c2ccccc2)C[C@@H]1O. The Balaban J connectivity index is 2.02. The molecule has 2 nitrogen and oxygen atoms in total. The van der Waals surface area contributed by atoms with Crippen LogP contribution >= 0.6 is 0 Å². The smallest absolute Gasteiger partial charge is 0.0831 e. The number of benzene rings is 1. The summed E-state index contributed by atoms with van der Waals surface area (Å²) in [6.45, 7) is 9.59. The van der Waals surface area contributed by atoms with E-state index in [1.54, 1.807) is 0 Å². The van der Waals surface area contributed by atoms with Crippen LogP contribution in [0.2, 0.25) is 19.1 Å². The lowest BCUT2D eigenvalue weighted by molar-refractivity contribution is -0.114. The van der Waals surface area contributed by atoms with Crippen molar-refractivity contribution in [2.75, 3.05) is 6.61 Å². The summed E-state index contributed by atoms with van der Waals surface area (Å²) in [6, 6.07) is 11.8. The van der Waals surface area contributed by atoms with Crippen molar-refractivity contribution in [1.29, 1.82) is 0 Å². The Labute approximate surface area is 117 Å². The number of aliphatic hydroxyl groups is 1. The quantitative estimate of drug-likeness (QED) is 0.862. The number of hydrogen-bond donors (Lipinski definition) is 1. The fourth-order valence-electron chi connectivity index (χ4n) is 2.78. The lowest BCUT2D eigenvalue weighted by Gasteiger charge is -2.41. The van der Waals surface area contributed by atoms with Crippen LogP contribution in [0.25, 0.3) is 0 Å². The maximum Gasteiger partial charge on any atom is 0.0831 e. The highest BCUT2D eigenvalue weighted by Gasteiger charge is 2.38. The molecule has 0 aliphatic carbocycles. The van der Waals surface area contributed by atoms with Gasteiger partial charge in [0.2, 0.25) is 0 Å². The van der Waals surface area contributed by atoms with E-state index in [0.717, 1.165) is 12.5 Å². The number of aliphatic hydroxyl groups excluding tert-OH is 1. The van der Waals surface area contributed by atoms with Gasteiger partial charge in [0.05, 0.1) is 26.9 Å². The monoisotopic (exact) mass is 278 g/mol. The van der Waals surface area contributed by atoms with Gasteiger partial charge in [-0.3, -0.25) is 0 Å². The molecule has 2 rings (SSSR count). The van der Waals surface area contributed by atoms with Gasteiger partial charge in [-0.05, 0) is 12.5 Å². The van der Waals surface area contributed by atoms with E-state index in [-0.39, 0.29) is 17.6 Å². The highest BCUT2D eigenvalue weighted by Crippen LogP contribution is 2.33. The largest absolute Gasteiger partial charge is 0.392 e. The molecule has 0 aromatic heterocycles. The summed E-state index contributed by atoms with van der Waals surface area (Å²) in [6.07, 6.45) is 0.743. The molecule has 1 N–H and O–H groups in total. The second-order valence-corrected chi connectivity index (χ2v) is 11.9. The fraction of sp³-hybridized carbons (Fsp3) is 0.625. The van der Waals surface area contributed by atoms with Crippen LogP contribution < -0.4 is 5.19 Å². The molecule has 3 heteroatoms. The highest BCUT2D eigenvalue weighted by atomic mass is 28.3. The summed E-state index contributed by atoms with van der Waals surface area (Å²) in [5.41, 5.74) is -0.102. The van der Waals surface area contributed by atoms with Crippen molar-refractivity contribution in [3.8, 4) is 0 Å². The minimum absolute atomic E-state index is 0.102. The van der Waals surface area contributed by atoms with Crippen molar-refractivity contribution in [1.82, 2.24) is 0 Å². The highest BCUT2D eigenvalue weighted by molar-refractivity contribution is 6.89. The Morgan fingerprint density at radius 3 is 2.47 bits per heavy atom. The Morgan fingerprint density at radius 1 is 1.26 bits per heavy atom. The molecule has 0 saturated carbocycles. The zero-order valence-corrected chi connectivity index (χ0v) is 13.5. The molecule has 106 valence electrons. The predicted octanol–water partition coefficient (Wildman–Crippen LogP) is 2.78. The Bertz CT molecular complexity index is 414. The maximum atomic E-state index is 10.2. The van der Waals surface area contributed by atoms with Crippen molar-refractivity contribution in [3.05, 3.63) is 30.3 Å². The van der Waals surface area contributed by atoms with Crippen LogP contribution in [0.15, 0.2) is 30.3 Å².